The number of carbonyl (C=O) groups is 1. The number of nitrogens with zero attached hydrogens (tertiary/aromatic N) is 1. The molecule has 1 aliphatic rings. The number of hydrogen-bond donors (Lipinski definition) is 3. The van der Waals surface area contributed by atoms with E-state index in [1.807, 2.05) is 0 Å². The third-order valence-corrected chi connectivity index (χ3v) is 3.23. The number of ether oxygens (including phenoxy) is 1. The quantitative estimate of drug-likeness (QED) is 0.706. The minimum Gasteiger partial charge on any atom is -0.504 e. The highest BCUT2D eigenvalue weighted by Gasteiger charge is 2.33. The lowest BCUT2D eigenvalue weighted by Crippen LogP contribution is -2.43. The first-order valence-corrected chi connectivity index (χ1v) is 5.64. The molecule has 2 unspecified atom stereocenters. The van der Waals surface area contributed by atoms with Gasteiger partial charge in [0, 0.05) is 18.2 Å². The maximum Gasteiger partial charge on any atom is 0.412 e. The largest absolute Gasteiger partial charge is 0.504 e. The van der Waals surface area contributed by atoms with Crippen molar-refractivity contribution in [3.63, 3.8) is 0 Å². The molecular formula is C12H16N2O4. The summed E-state index contributed by atoms with van der Waals surface area (Å²) < 4.78 is 5.00. The molecule has 0 bridgehead atoms. The van der Waals surface area contributed by atoms with E-state index in [9.17, 15) is 15.0 Å². The smallest absolute Gasteiger partial charge is 0.412 e. The fourth-order valence-corrected chi connectivity index (χ4v) is 2.37. The average molecular weight is 252 g/mol. The number of benzene rings is 1. The number of phenols is 1. The molecule has 2 atom stereocenters. The van der Waals surface area contributed by atoms with Crippen LogP contribution in [-0.2, 0) is 0 Å². The summed E-state index contributed by atoms with van der Waals surface area (Å²) in [5.41, 5.74) is 7.08. The standard InChI is InChI=1S/C12H16N2O4/c1-6-3-8(13)7-4-10(15)11(18-2)5-9(7)14(6)12(16)17/h4-6,8,15H,3,13H2,1-2H3,(H,16,17). The number of carboxylic acid groups (broad SMARTS) is 1. The number of methoxy groups -OCH3 is 1. The molecule has 1 amide bonds. The number of anilines is 1. The zero-order valence-corrected chi connectivity index (χ0v) is 10.3. The number of aromatic hydroxyl groups is 1. The Hall–Kier alpha value is -1.95. The van der Waals surface area contributed by atoms with Crippen molar-refractivity contribution < 1.29 is 19.7 Å². The number of rotatable bonds is 1. The molecule has 1 aromatic carbocycles. The van der Waals surface area contributed by atoms with Gasteiger partial charge in [0.05, 0.1) is 12.8 Å². The van der Waals surface area contributed by atoms with Crippen molar-refractivity contribution in [2.75, 3.05) is 12.0 Å². The van der Waals surface area contributed by atoms with Gasteiger partial charge in [-0.1, -0.05) is 0 Å². The van der Waals surface area contributed by atoms with Crippen molar-refractivity contribution in [2.45, 2.75) is 25.4 Å². The van der Waals surface area contributed by atoms with Crippen LogP contribution in [0, 0.1) is 0 Å². The summed E-state index contributed by atoms with van der Waals surface area (Å²) in [5, 5.41) is 19.0. The molecule has 0 saturated heterocycles. The van der Waals surface area contributed by atoms with E-state index >= 15 is 0 Å². The average Bonchev–Trinajstić information content (AvgIpc) is 2.29. The van der Waals surface area contributed by atoms with Gasteiger partial charge in [-0.25, -0.2) is 4.79 Å². The Morgan fingerprint density at radius 1 is 1.56 bits per heavy atom. The molecule has 6 heteroatoms. The summed E-state index contributed by atoms with van der Waals surface area (Å²) in [7, 11) is 1.42. The predicted octanol–water partition coefficient (Wildman–Crippen LogP) is 1.68. The minimum absolute atomic E-state index is 0.0356. The van der Waals surface area contributed by atoms with Gasteiger partial charge in [0.2, 0.25) is 0 Å². The van der Waals surface area contributed by atoms with Crippen molar-refractivity contribution in [3.05, 3.63) is 17.7 Å². The van der Waals surface area contributed by atoms with Crippen molar-refractivity contribution in [3.8, 4) is 11.5 Å². The van der Waals surface area contributed by atoms with E-state index in [1.165, 1.54) is 24.1 Å². The lowest BCUT2D eigenvalue weighted by atomic mass is 9.92. The first kappa shape index (κ1) is 12.5. The van der Waals surface area contributed by atoms with Crippen molar-refractivity contribution in [1.82, 2.24) is 0 Å². The van der Waals surface area contributed by atoms with Gasteiger partial charge in [0.25, 0.3) is 0 Å². The highest BCUT2D eigenvalue weighted by Crippen LogP contribution is 2.42. The number of amides is 1. The zero-order valence-electron chi connectivity index (χ0n) is 10.3. The van der Waals surface area contributed by atoms with Gasteiger partial charge in [0.15, 0.2) is 11.5 Å². The Morgan fingerprint density at radius 3 is 2.78 bits per heavy atom. The number of hydrogen-bond acceptors (Lipinski definition) is 4. The molecule has 0 aliphatic carbocycles. The van der Waals surface area contributed by atoms with Gasteiger partial charge in [-0.3, -0.25) is 4.90 Å². The van der Waals surface area contributed by atoms with E-state index in [0.29, 0.717) is 17.7 Å². The monoisotopic (exact) mass is 252 g/mol. The molecule has 2 rings (SSSR count). The third-order valence-electron chi connectivity index (χ3n) is 3.23. The molecule has 1 aromatic rings. The molecule has 0 saturated carbocycles. The second kappa shape index (κ2) is 4.38. The SMILES string of the molecule is COc1cc2c(cc1O)C(N)CC(C)N2C(=O)O. The van der Waals surface area contributed by atoms with Crippen molar-refractivity contribution in [1.29, 1.82) is 0 Å². The second-order valence-electron chi connectivity index (χ2n) is 4.43. The van der Waals surface area contributed by atoms with Crippen LogP contribution < -0.4 is 15.4 Å². The van der Waals surface area contributed by atoms with Crippen LogP contribution in [0.15, 0.2) is 12.1 Å². The van der Waals surface area contributed by atoms with Crippen LogP contribution in [0.25, 0.3) is 0 Å². The van der Waals surface area contributed by atoms with Gasteiger partial charge in [-0.2, -0.15) is 0 Å². The lowest BCUT2D eigenvalue weighted by molar-refractivity contribution is 0.197. The molecule has 0 fully saturated rings. The van der Waals surface area contributed by atoms with E-state index in [1.54, 1.807) is 6.92 Å². The molecular weight excluding hydrogens is 236 g/mol. The van der Waals surface area contributed by atoms with E-state index in [2.05, 4.69) is 0 Å². The zero-order chi connectivity index (χ0) is 13.4. The van der Waals surface area contributed by atoms with Crippen molar-refractivity contribution >= 4 is 11.8 Å². The molecule has 0 spiro atoms. The van der Waals surface area contributed by atoms with Gasteiger partial charge >= 0.3 is 6.09 Å². The summed E-state index contributed by atoms with van der Waals surface area (Å²) >= 11 is 0. The topological polar surface area (TPSA) is 96.0 Å². The lowest BCUT2D eigenvalue weighted by Gasteiger charge is -2.36. The molecule has 6 nitrogen and oxygen atoms in total. The Bertz CT molecular complexity index is 489. The van der Waals surface area contributed by atoms with Crippen LogP contribution in [0.1, 0.15) is 24.9 Å². The molecule has 1 heterocycles. The van der Waals surface area contributed by atoms with E-state index < -0.39 is 6.09 Å². The van der Waals surface area contributed by atoms with E-state index in [0.717, 1.165) is 0 Å². The van der Waals surface area contributed by atoms with Gasteiger partial charge in [0.1, 0.15) is 0 Å². The van der Waals surface area contributed by atoms with Crippen LogP contribution in [0.3, 0.4) is 0 Å². The summed E-state index contributed by atoms with van der Waals surface area (Å²) in [6.07, 6.45) is -0.520. The predicted molar refractivity (Wildman–Crippen MR) is 66.2 cm³/mol. The molecule has 1 aliphatic heterocycles. The van der Waals surface area contributed by atoms with Crippen LogP contribution in [0.2, 0.25) is 0 Å². The van der Waals surface area contributed by atoms with Gasteiger partial charge < -0.3 is 20.7 Å². The molecule has 98 valence electrons. The van der Waals surface area contributed by atoms with Crippen LogP contribution >= 0.6 is 0 Å². The molecule has 0 aromatic heterocycles. The highest BCUT2D eigenvalue weighted by atomic mass is 16.5. The number of fused-ring (bicyclic) bond motifs is 1. The third kappa shape index (κ3) is 1.84. The number of phenolic OH excluding ortho intramolecular Hbond substituents is 1. The fraction of sp³-hybridized carbons (Fsp3) is 0.417. The molecule has 4 N–H and O–H groups in total. The van der Waals surface area contributed by atoms with Gasteiger partial charge in [-0.15, -0.1) is 0 Å². The maximum absolute atomic E-state index is 11.3. The first-order valence-electron chi connectivity index (χ1n) is 5.64. The van der Waals surface area contributed by atoms with Crippen LogP contribution in [-0.4, -0.2) is 29.5 Å². The summed E-state index contributed by atoms with van der Waals surface area (Å²) in [4.78, 5) is 12.6. The van der Waals surface area contributed by atoms with Crippen molar-refractivity contribution in [2.24, 2.45) is 5.73 Å². The highest BCUT2D eigenvalue weighted by molar-refractivity contribution is 5.89. The summed E-state index contributed by atoms with van der Waals surface area (Å²) in [6, 6.07) is 2.48. The Balaban J connectivity index is 2.60. The Labute approximate surface area is 105 Å². The molecule has 18 heavy (non-hydrogen) atoms. The first-order chi connectivity index (χ1) is 8.45. The van der Waals surface area contributed by atoms with E-state index in [-0.39, 0.29) is 23.6 Å². The molecule has 0 radical (unpaired) electrons. The maximum atomic E-state index is 11.3. The number of nitrogens with two attached hydrogens (primary N) is 1. The minimum atomic E-state index is -1.04. The second-order valence-corrected chi connectivity index (χ2v) is 4.43. The normalized spacial score (nSPS) is 22.5. The van der Waals surface area contributed by atoms with E-state index in [4.69, 9.17) is 10.5 Å². The van der Waals surface area contributed by atoms with Crippen LogP contribution in [0.5, 0.6) is 11.5 Å². The Kier molecular flexibility index (Phi) is 3.04. The fourth-order valence-electron chi connectivity index (χ4n) is 2.37. The summed E-state index contributed by atoms with van der Waals surface area (Å²) in [6.45, 7) is 1.80. The van der Waals surface area contributed by atoms with Crippen LogP contribution in [0.4, 0.5) is 10.5 Å². The Morgan fingerprint density at radius 2 is 2.22 bits per heavy atom. The summed E-state index contributed by atoms with van der Waals surface area (Å²) in [5.74, 6) is 0.202. The van der Waals surface area contributed by atoms with Gasteiger partial charge in [-0.05, 0) is 25.0 Å².